The molecule has 2 aromatic rings. The number of hydrogen-bond acceptors (Lipinski definition) is 5. The number of fused-ring (bicyclic) bond motifs is 1. The molecule has 1 aliphatic heterocycles. The number of nitrogens with zero attached hydrogens (tertiary/aromatic N) is 1. The van der Waals surface area contributed by atoms with E-state index in [4.69, 9.17) is 9.47 Å². The number of methoxy groups -OCH3 is 2. The fourth-order valence-corrected chi connectivity index (χ4v) is 3.50. The van der Waals surface area contributed by atoms with Crippen LogP contribution in [0.4, 0.5) is 5.69 Å². The molecule has 140 valence electrons. The average molecular weight is 359 g/mol. The highest BCUT2D eigenvalue weighted by atomic mass is 16.5. The first kappa shape index (κ1) is 18.3. The first-order valence-corrected chi connectivity index (χ1v) is 8.82. The van der Waals surface area contributed by atoms with Gasteiger partial charge >= 0.3 is 5.97 Å². The molecule has 7 nitrogen and oxygen atoms in total. The van der Waals surface area contributed by atoms with Crippen molar-refractivity contribution in [1.29, 1.82) is 0 Å². The van der Waals surface area contributed by atoms with Crippen molar-refractivity contribution in [3.05, 3.63) is 23.9 Å². The van der Waals surface area contributed by atoms with E-state index in [2.05, 4.69) is 22.1 Å². The molecule has 1 fully saturated rings. The Labute approximate surface area is 152 Å². The van der Waals surface area contributed by atoms with Gasteiger partial charge in [-0.15, -0.1) is 0 Å². The highest BCUT2D eigenvalue weighted by Crippen LogP contribution is 2.31. The second kappa shape index (κ2) is 7.78. The molecule has 0 bridgehead atoms. The van der Waals surface area contributed by atoms with Gasteiger partial charge in [0.2, 0.25) is 5.91 Å². The number of likely N-dealkylation sites (tertiary alicyclic amines) is 1. The van der Waals surface area contributed by atoms with Crippen LogP contribution in [0.5, 0.6) is 5.75 Å². The number of esters is 1. The summed E-state index contributed by atoms with van der Waals surface area (Å²) in [4.78, 5) is 29.9. The normalized spacial score (nSPS) is 17.9. The predicted octanol–water partition coefficient (Wildman–Crippen LogP) is 2.63. The Morgan fingerprint density at radius 3 is 2.85 bits per heavy atom. The molecule has 1 amide bonds. The van der Waals surface area contributed by atoms with Crippen LogP contribution in [0, 0.1) is 5.92 Å². The van der Waals surface area contributed by atoms with Crippen LogP contribution >= 0.6 is 0 Å². The SMILES string of the molecule is COC(=O)c1[nH]c2cc(OC)ccc2c1NC(=O)CN1CCCC(C)C1. The summed E-state index contributed by atoms with van der Waals surface area (Å²) in [5.41, 5.74) is 1.38. The summed E-state index contributed by atoms with van der Waals surface area (Å²) < 4.78 is 10.1. The molecule has 7 heteroatoms. The summed E-state index contributed by atoms with van der Waals surface area (Å²) in [6.45, 7) is 4.36. The zero-order valence-electron chi connectivity index (χ0n) is 15.4. The van der Waals surface area contributed by atoms with Gasteiger partial charge in [-0.3, -0.25) is 9.69 Å². The van der Waals surface area contributed by atoms with E-state index in [-0.39, 0.29) is 11.6 Å². The van der Waals surface area contributed by atoms with Crippen LogP contribution in [-0.4, -0.2) is 55.6 Å². The molecule has 26 heavy (non-hydrogen) atoms. The molecular formula is C19H25N3O4. The predicted molar refractivity (Wildman–Crippen MR) is 99.7 cm³/mol. The fraction of sp³-hybridized carbons (Fsp3) is 0.474. The van der Waals surface area contributed by atoms with Gasteiger partial charge in [-0.1, -0.05) is 6.92 Å². The highest BCUT2D eigenvalue weighted by Gasteiger charge is 2.23. The van der Waals surface area contributed by atoms with E-state index >= 15 is 0 Å². The smallest absolute Gasteiger partial charge is 0.356 e. The molecule has 2 heterocycles. The van der Waals surface area contributed by atoms with Crippen LogP contribution in [-0.2, 0) is 9.53 Å². The van der Waals surface area contributed by atoms with Crippen LogP contribution < -0.4 is 10.1 Å². The standard InChI is InChI=1S/C19H25N3O4/c1-12-5-4-8-22(10-12)11-16(23)21-17-14-7-6-13(25-2)9-15(14)20-18(17)19(24)26-3/h6-7,9,12,20H,4-5,8,10-11H2,1-3H3,(H,21,23). The lowest BCUT2D eigenvalue weighted by atomic mass is 10.0. The quantitative estimate of drug-likeness (QED) is 0.802. The molecule has 0 aliphatic carbocycles. The minimum absolute atomic E-state index is 0.138. The van der Waals surface area contributed by atoms with Gasteiger partial charge < -0.3 is 19.8 Å². The lowest BCUT2D eigenvalue weighted by molar-refractivity contribution is -0.117. The number of aromatic nitrogens is 1. The van der Waals surface area contributed by atoms with Crippen molar-refractivity contribution in [2.45, 2.75) is 19.8 Å². The van der Waals surface area contributed by atoms with Gasteiger partial charge in [0.1, 0.15) is 11.4 Å². The monoisotopic (exact) mass is 359 g/mol. The van der Waals surface area contributed by atoms with Crippen LogP contribution in [0.3, 0.4) is 0 Å². The van der Waals surface area contributed by atoms with E-state index in [1.54, 1.807) is 19.2 Å². The van der Waals surface area contributed by atoms with Crippen molar-refractivity contribution in [2.75, 3.05) is 39.2 Å². The molecule has 0 radical (unpaired) electrons. The van der Waals surface area contributed by atoms with Crippen LogP contribution in [0.2, 0.25) is 0 Å². The van der Waals surface area contributed by atoms with Gasteiger partial charge in [-0.25, -0.2) is 4.79 Å². The summed E-state index contributed by atoms with van der Waals surface area (Å²) >= 11 is 0. The molecule has 1 unspecified atom stereocenters. The lowest BCUT2D eigenvalue weighted by Crippen LogP contribution is -2.39. The van der Waals surface area contributed by atoms with Gasteiger partial charge in [-0.2, -0.15) is 0 Å². The van der Waals surface area contributed by atoms with E-state index in [1.807, 2.05) is 6.07 Å². The minimum Gasteiger partial charge on any atom is -0.497 e. The molecule has 1 atom stereocenters. The molecule has 1 saturated heterocycles. The number of amides is 1. The van der Waals surface area contributed by atoms with Crippen LogP contribution in [0.25, 0.3) is 10.9 Å². The average Bonchev–Trinajstić information content (AvgIpc) is 2.98. The van der Waals surface area contributed by atoms with Crippen molar-refractivity contribution in [3.63, 3.8) is 0 Å². The number of nitrogens with one attached hydrogen (secondary N) is 2. The number of H-pyrrole nitrogens is 1. The van der Waals surface area contributed by atoms with Gasteiger partial charge in [-0.05, 0) is 37.4 Å². The second-order valence-electron chi connectivity index (χ2n) is 6.81. The van der Waals surface area contributed by atoms with E-state index in [0.717, 1.165) is 24.9 Å². The molecular weight excluding hydrogens is 334 g/mol. The maximum absolute atomic E-state index is 12.6. The van der Waals surface area contributed by atoms with Crippen molar-refractivity contribution >= 4 is 28.5 Å². The zero-order chi connectivity index (χ0) is 18.7. The van der Waals surface area contributed by atoms with Gasteiger partial charge in [0, 0.05) is 18.0 Å². The first-order valence-electron chi connectivity index (χ1n) is 8.82. The van der Waals surface area contributed by atoms with Crippen LogP contribution in [0.15, 0.2) is 18.2 Å². The Morgan fingerprint density at radius 1 is 1.35 bits per heavy atom. The lowest BCUT2D eigenvalue weighted by Gasteiger charge is -2.30. The molecule has 1 aromatic carbocycles. The van der Waals surface area contributed by atoms with Crippen molar-refractivity contribution < 1.29 is 19.1 Å². The number of rotatable bonds is 5. The summed E-state index contributed by atoms with van der Waals surface area (Å²) in [7, 11) is 2.89. The largest absolute Gasteiger partial charge is 0.497 e. The molecule has 0 spiro atoms. The van der Waals surface area contributed by atoms with Gasteiger partial charge in [0.15, 0.2) is 0 Å². The zero-order valence-corrected chi connectivity index (χ0v) is 15.4. The van der Waals surface area contributed by atoms with E-state index < -0.39 is 5.97 Å². The first-order chi connectivity index (χ1) is 12.5. The minimum atomic E-state index is -0.526. The Hall–Kier alpha value is -2.54. The Morgan fingerprint density at radius 2 is 2.15 bits per heavy atom. The molecule has 1 aromatic heterocycles. The Balaban J connectivity index is 1.85. The van der Waals surface area contributed by atoms with Crippen molar-refractivity contribution in [2.24, 2.45) is 5.92 Å². The third kappa shape index (κ3) is 3.83. The summed E-state index contributed by atoms with van der Waals surface area (Å²) in [5.74, 6) is 0.598. The number of benzene rings is 1. The number of piperidine rings is 1. The highest BCUT2D eigenvalue weighted by molar-refractivity contribution is 6.11. The maximum atomic E-state index is 12.6. The number of carbonyl (C=O) groups is 2. The summed E-state index contributed by atoms with van der Waals surface area (Å²) in [5, 5.41) is 3.64. The molecule has 3 rings (SSSR count). The van der Waals surface area contributed by atoms with Gasteiger partial charge in [0.25, 0.3) is 0 Å². The Kier molecular flexibility index (Phi) is 5.46. The maximum Gasteiger partial charge on any atom is 0.356 e. The van der Waals surface area contributed by atoms with Crippen molar-refractivity contribution in [1.82, 2.24) is 9.88 Å². The third-order valence-corrected chi connectivity index (χ3v) is 4.77. The number of carbonyl (C=O) groups excluding carboxylic acids is 2. The topological polar surface area (TPSA) is 83.7 Å². The van der Waals surface area contributed by atoms with Gasteiger partial charge in [0.05, 0.1) is 32.0 Å². The fourth-order valence-electron chi connectivity index (χ4n) is 3.50. The molecule has 1 aliphatic rings. The van der Waals surface area contributed by atoms with E-state index in [1.165, 1.54) is 13.5 Å². The molecule has 0 saturated carbocycles. The number of aromatic amines is 1. The second-order valence-corrected chi connectivity index (χ2v) is 6.81. The number of ether oxygens (including phenoxy) is 2. The van der Waals surface area contributed by atoms with E-state index in [9.17, 15) is 9.59 Å². The van der Waals surface area contributed by atoms with Crippen LogP contribution in [0.1, 0.15) is 30.3 Å². The Bertz CT molecular complexity index is 814. The summed E-state index contributed by atoms with van der Waals surface area (Å²) in [6.07, 6.45) is 2.31. The third-order valence-electron chi connectivity index (χ3n) is 4.77. The number of hydrogen-bond donors (Lipinski definition) is 2. The molecule has 2 N–H and O–H groups in total. The van der Waals surface area contributed by atoms with Crippen molar-refractivity contribution in [3.8, 4) is 5.75 Å². The number of anilines is 1. The van der Waals surface area contributed by atoms with E-state index in [0.29, 0.717) is 29.4 Å². The summed E-state index contributed by atoms with van der Waals surface area (Å²) in [6, 6.07) is 5.39.